The summed E-state index contributed by atoms with van der Waals surface area (Å²) in [6.07, 6.45) is -0.285. The Bertz CT molecular complexity index is 621. The molecule has 1 aromatic carbocycles. The van der Waals surface area contributed by atoms with E-state index in [-0.39, 0.29) is 36.8 Å². The number of ether oxygens (including phenoxy) is 1. The Morgan fingerprint density at radius 1 is 1.50 bits per heavy atom. The van der Waals surface area contributed by atoms with E-state index in [1.807, 2.05) is 0 Å². The molecule has 1 N–H and O–H groups in total. The number of carbonyl (C=O) groups is 2. The number of benzene rings is 1. The molecule has 9 heteroatoms. The van der Waals surface area contributed by atoms with Gasteiger partial charge in [0.15, 0.2) is 0 Å². The van der Waals surface area contributed by atoms with Crippen molar-refractivity contribution in [3.63, 3.8) is 0 Å². The maximum Gasteiger partial charge on any atom is 0.305 e. The van der Waals surface area contributed by atoms with E-state index in [1.54, 1.807) is 0 Å². The summed E-state index contributed by atoms with van der Waals surface area (Å²) in [7, 11) is 0. The number of halogens is 1. The zero-order valence-corrected chi connectivity index (χ0v) is 12.2. The number of amides is 1. The Hall–Kier alpha value is -2.19. The fourth-order valence-electron chi connectivity index (χ4n) is 2.28. The molecule has 8 nitrogen and oxygen atoms in total. The molecule has 118 valence electrons. The van der Waals surface area contributed by atoms with Crippen LogP contribution in [0.25, 0.3) is 0 Å². The minimum absolute atomic E-state index is 0.0828. The molecule has 1 aliphatic rings. The van der Waals surface area contributed by atoms with Crippen LogP contribution in [0.4, 0.5) is 5.69 Å². The van der Waals surface area contributed by atoms with Crippen molar-refractivity contribution >= 4 is 29.2 Å². The number of hydrogen-bond donors (Lipinski definition) is 1. The Kier molecular flexibility index (Phi) is 4.94. The van der Waals surface area contributed by atoms with Crippen molar-refractivity contribution in [2.45, 2.75) is 12.5 Å². The maximum atomic E-state index is 12.6. The lowest BCUT2D eigenvalue weighted by Crippen LogP contribution is -2.49. The molecule has 1 amide bonds. The second kappa shape index (κ2) is 6.71. The molecule has 0 spiro atoms. The molecule has 1 fully saturated rings. The normalized spacial score (nSPS) is 18.0. The fourth-order valence-corrected chi connectivity index (χ4v) is 2.45. The minimum atomic E-state index is -1.07. The van der Waals surface area contributed by atoms with Crippen LogP contribution < -0.4 is 0 Å². The van der Waals surface area contributed by atoms with Crippen molar-refractivity contribution in [2.24, 2.45) is 0 Å². The van der Waals surface area contributed by atoms with E-state index in [4.69, 9.17) is 21.4 Å². The zero-order valence-electron chi connectivity index (χ0n) is 11.4. The zero-order chi connectivity index (χ0) is 16.3. The average Bonchev–Trinajstić information content (AvgIpc) is 2.46. The first kappa shape index (κ1) is 16.2. The van der Waals surface area contributed by atoms with Crippen LogP contribution in [0.1, 0.15) is 16.8 Å². The van der Waals surface area contributed by atoms with Crippen LogP contribution in [0.5, 0.6) is 0 Å². The molecule has 0 radical (unpaired) electrons. The monoisotopic (exact) mass is 328 g/mol. The van der Waals surface area contributed by atoms with Crippen LogP contribution in [0.3, 0.4) is 0 Å². The second-order valence-corrected chi connectivity index (χ2v) is 5.18. The van der Waals surface area contributed by atoms with Crippen molar-refractivity contribution in [3.8, 4) is 0 Å². The highest BCUT2D eigenvalue weighted by Crippen LogP contribution is 2.26. The van der Waals surface area contributed by atoms with Crippen molar-refractivity contribution in [1.29, 1.82) is 0 Å². The van der Waals surface area contributed by atoms with Gasteiger partial charge >= 0.3 is 5.97 Å². The molecule has 1 heterocycles. The number of carboxylic acids is 1. The molecule has 0 saturated carbocycles. The van der Waals surface area contributed by atoms with Crippen LogP contribution >= 0.6 is 11.6 Å². The number of rotatable bonds is 4. The number of hydrogen-bond acceptors (Lipinski definition) is 5. The molecule has 2 rings (SSSR count). The number of carboxylic acid groups (broad SMARTS) is 1. The first-order valence-electron chi connectivity index (χ1n) is 6.44. The smallest absolute Gasteiger partial charge is 0.305 e. The van der Waals surface area contributed by atoms with Crippen LogP contribution in [0.2, 0.25) is 5.02 Å². The van der Waals surface area contributed by atoms with Gasteiger partial charge in [-0.05, 0) is 12.1 Å². The Balaban J connectivity index is 2.33. The predicted octanol–water partition coefficient (Wildman–Crippen LogP) is 1.56. The molecular formula is C13H13ClN2O6. The predicted molar refractivity (Wildman–Crippen MR) is 76.0 cm³/mol. The van der Waals surface area contributed by atoms with Crippen molar-refractivity contribution in [2.75, 3.05) is 19.8 Å². The number of nitro groups is 1. The van der Waals surface area contributed by atoms with E-state index in [1.165, 1.54) is 17.0 Å². The van der Waals surface area contributed by atoms with Crippen molar-refractivity contribution in [3.05, 3.63) is 38.9 Å². The third kappa shape index (κ3) is 3.52. The van der Waals surface area contributed by atoms with Crippen molar-refractivity contribution < 1.29 is 24.4 Å². The molecule has 1 saturated heterocycles. The highest BCUT2D eigenvalue weighted by Gasteiger charge is 2.33. The topological polar surface area (TPSA) is 110 Å². The maximum absolute atomic E-state index is 12.6. The highest BCUT2D eigenvalue weighted by atomic mass is 35.5. The van der Waals surface area contributed by atoms with Gasteiger partial charge in [-0.25, -0.2) is 0 Å². The molecule has 1 atom stereocenters. The van der Waals surface area contributed by atoms with Gasteiger partial charge in [-0.2, -0.15) is 0 Å². The van der Waals surface area contributed by atoms with E-state index in [2.05, 4.69) is 0 Å². The number of aliphatic carboxylic acids is 1. The summed E-state index contributed by atoms with van der Waals surface area (Å²) in [6.45, 7) is 0.513. The molecule has 1 aromatic rings. The lowest BCUT2D eigenvalue weighted by atomic mass is 10.1. The van der Waals surface area contributed by atoms with Gasteiger partial charge in [0.1, 0.15) is 5.56 Å². The van der Waals surface area contributed by atoms with E-state index < -0.39 is 28.5 Å². The van der Waals surface area contributed by atoms with E-state index in [9.17, 15) is 19.7 Å². The van der Waals surface area contributed by atoms with E-state index in [0.29, 0.717) is 0 Å². The van der Waals surface area contributed by atoms with Gasteiger partial charge in [0.25, 0.3) is 11.6 Å². The number of carbonyl (C=O) groups excluding carboxylic acids is 1. The van der Waals surface area contributed by atoms with Gasteiger partial charge in [0, 0.05) is 17.6 Å². The van der Waals surface area contributed by atoms with Gasteiger partial charge in [0.2, 0.25) is 0 Å². The number of nitrogens with zero attached hydrogens (tertiary/aromatic N) is 2. The van der Waals surface area contributed by atoms with Gasteiger partial charge in [-0.15, -0.1) is 0 Å². The summed E-state index contributed by atoms with van der Waals surface area (Å²) in [5.41, 5.74) is -0.523. The second-order valence-electron chi connectivity index (χ2n) is 4.74. The Labute approximate surface area is 130 Å². The molecule has 1 unspecified atom stereocenters. The minimum Gasteiger partial charge on any atom is -0.481 e. The Morgan fingerprint density at radius 3 is 2.86 bits per heavy atom. The lowest BCUT2D eigenvalue weighted by molar-refractivity contribution is -0.385. The lowest BCUT2D eigenvalue weighted by Gasteiger charge is -2.34. The SMILES string of the molecule is O=C(O)CC1COCCN1C(=O)c1ccc(Cl)cc1[N+](=O)[O-]. The standard InChI is InChI=1S/C13H13ClN2O6/c14-8-1-2-10(11(5-8)16(20)21)13(19)15-3-4-22-7-9(15)6-12(17)18/h1-2,5,9H,3-4,6-7H2,(H,17,18). The third-order valence-electron chi connectivity index (χ3n) is 3.29. The molecule has 1 aliphatic heterocycles. The van der Waals surface area contributed by atoms with E-state index >= 15 is 0 Å². The summed E-state index contributed by atoms with van der Waals surface area (Å²) < 4.78 is 5.18. The molecule has 0 aliphatic carbocycles. The quantitative estimate of drug-likeness (QED) is 0.663. The summed E-state index contributed by atoms with van der Waals surface area (Å²) in [4.78, 5) is 35.1. The summed E-state index contributed by atoms with van der Waals surface area (Å²) in [6, 6.07) is 3.10. The molecular weight excluding hydrogens is 316 g/mol. The average molecular weight is 329 g/mol. The molecule has 0 aromatic heterocycles. The van der Waals surface area contributed by atoms with Crippen LogP contribution in [0, 0.1) is 10.1 Å². The molecule has 22 heavy (non-hydrogen) atoms. The fraction of sp³-hybridized carbons (Fsp3) is 0.385. The number of morpholine rings is 1. The number of nitro benzene ring substituents is 1. The van der Waals surface area contributed by atoms with Gasteiger partial charge in [-0.1, -0.05) is 11.6 Å². The largest absolute Gasteiger partial charge is 0.481 e. The first-order valence-corrected chi connectivity index (χ1v) is 6.82. The summed E-state index contributed by atoms with van der Waals surface area (Å²) >= 11 is 5.72. The first-order chi connectivity index (χ1) is 10.4. The van der Waals surface area contributed by atoms with Crippen LogP contribution in [0.15, 0.2) is 18.2 Å². The van der Waals surface area contributed by atoms with Gasteiger partial charge < -0.3 is 14.7 Å². The highest BCUT2D eigenvalue weighted by molar-refractivity contribution is 6.31. The Morgan fingerprint density at radius 2 is 2.23 bits per heavy atom. The van der Waals surface area contributed by atoms with Crippen LogP contribution in [-0.2, 0) is 9.53 Å². The third-order valence-corrected chi connectivity index (χ3v) is 3.52. The van der Waals surface area contributed by atoms with Crippen molar-refractivity contribution in [1.82, 2.24) is 4.90 Å². The van der Waals surface area contributed by atoms with Gasteiger partial charge in [0.05, 0.1) is 30.6 Å². The van der Waals surface area contributed by atoms with Crippen LogP contribution in [-0.4, -0.2) is 52.6 Å². The van der Waals surface area contributed by atoms with Gasteiger partial charge in [-0.3, -0.25) is 19.7 Å². The van der Waals surface area contributed by atoms with E-state index in [0.717, 1.165) is 6.07 Å². The molecule has 0 bridgehead atoms. The summed E-state index contributed by atoms with van der Waals surface area (Å²) in [5, 5.41) is 20.1. The summed E-state index contributed by atoms with van der Waals surface area (Å²) in [5.74, 6) is -1.67.